The van der Waals surface area contributed by atoms with Crippen LogP contribution in [0.4, 0.5) is 4.79 Å². The van der Waals surface area contributed by atoms with Crippen LogP contribution in [0.15, 0.2) is 60.7 Å². The lowest BCUT2D eigenvalue weighted by Crippen LogP contribution is -2.41. The Hall–Kier alpha value is -3.15. The van der Waals surface area contributed by atoms with Crippen molar-refractivity contribution in [1.29, 1.82) is 0 Å². The second-order valence-electron chi connectivity index (χ2n) is 8.65. The number of nitrogens with zero attached hydrogens (tertiary/aromatic N) is 4. The predicted molar refractivity (Wildman–Crippen MR) is 117 cm³/mol. The summed E-state index contributed by atoms with van der Waals surface area (Å²) in [5.41, 5.74) is 1.52. The number of aromatic nitrogens is 3. The second-order valence-corrected chi connectivity index (χ2v) is 8.65. The van der Waals surface area contributed by atoms with Crippen LogP contribution < -0.4 is 0 Å². The summed E-state index contributed by atoms with van der Waals surface area (Å²) in [5.74, 6) is 1.90. The number of carbonyl (C=O) groups is 1. The van der Waals surface area contributed by atoms with Crippen LogP contribution >= 0.6 is 0 Å². The van der Waals surface area contributed by atoms with Crippen molar-refractivity contribution in [2.75, 3.05) is 13.1 Å². The van der Waals surface area contributed by atoms with Crippen LogP contribution in [-0.4, -0.2) is 44.4 Å². The lowest BCUT2D eigenvalue weighted by Gasteiger charge is -2.33. The molecule has 0 unspecified atom stereocenters. The monoisotopic (exact) mass is 404 g/mol. The van der Waals surface area contributed by atoms with Crippen molar-refractivity contribution >= 4 is 6.09 Å². The summed E-state index contributed by atoms with van der Waals surface area (Å²) in [4.78, 5) is 19.1. The standard InChI is InChI=1S/C24H28N4O2/c1-24(2,3)30-23(29)27-16-14-19(15-17-27)22-25-21(18-10-6-4-7-11-18)26-28(22)20-12-8-5-9-13-20/h4-13,19H,14-17H2,1-3H3. The number of piperidine rings is 1. The minimum absolute atomic E-state index is 0.230. The Morgan fingerprint density at radius 2 is 1.57 bits per heavy atom. The normalized spacial score (nSPS) is 15.2. The maximum absolute atomic E-state index is 12.4. The van der Waals surface area contributed by atoms with E-state index >= 15 is 0 Å². The van der Waals surface area contributed by atoms with Gasteiger partial charge in [-0.25, -0.2) is 14.5 Å². The Kier molecular flexibility index (Phi) is 5.57. The van der Waals surface area contributed by atoms with E-state index < -0.39 is 5.60 Å². The number of rotatable bonds is 3. The van der Waals surface area contributed by atoms with Crippen LogP contribution in [0.1, 0.15) is 45.4 Å². The molecule has 3 aromatic rings. The fraction of sp³-hybridized carbons (Fsp3) is 0.375. The molecule has 156 valence electrons. The van der Waals surface area contributed by atoms with Crippen LogP contribution in [0.5, 0.6) is 0 Å². The van der Waals surface area contributed by atoms with Crippen LogP contribution in [0.2, 0.25) is 0 Å². The third kappa shape index (κ3) is 4.53. The summed E-state index contributed by atoms with van der Waals surface area (Å²) in [5, 5.41) is 4.83. The molecule has 0 atom stereocenters. The van der Waals surface area contributed by atoms with Gasteiger partial charge in [0, 0.05) is 24.6 Å². The van der Waals surface area contributed by atoms with Crippen molar-refractivity contribution in [2.45, 2.75) is 45.1 Å². The van der Waals surface area contributed by atoms with Gasteiger partial charge in [0.15, 0.2) is 5.82 Å². The third-order valence-corrected chi connectivity index (χ3v) is 5.18. The fourth-order valence-corrected chi connectivity index (χ4v) is 3.70. The van der Waals surface area contributed by atoms with Crippen molar-refractivity contribution in [3.05, 3.63) is 66.5 Å². The number of likely N-dealkylation sites (tertiary alicyclic amines) is 1. The molecule has 0 saturated carbocycles. The largest absolute Gasteiger partial charge is 0.444 e. The van der Waals surface area contributed by atoms with Crippen molar-refractivity contribution in [2.24, 2.45) is 0 Å². The van der Waals surface area contributed by atoms with Gasteiger partial charge in [0.25, 0.3) is 0 Å². The highest BCUT2D eigenvalue weighted by molar-refractivity contribution is 5.68. The predicted octanol–water partition coefficient (Wildman–Crippen LogP) is 5.05. The van der Waals surface area contributed by atoms with Crippen molar-refractivity contribution in [3.63, 3.8) is 0 Å². The van der Waals surface area contributed by atoms with Crippen LogP contribution in [0, 0.1) is 0 Å². The van der Waals surface area contributed by atoms with E-state index in [1.165, 1.54) is 0 Å². The first-order valence-electron chi connectivity index (χ1n) is 10.5. The highest BCUT2D eigenvalue weighted by atomic mass is 16.6. The summed E-state index contributed by atoms with van der Waals surface area (Å²) in [7, 11) is 0. The van der Waals surface area contributed by atoms with E-state index in [0.29, 0.717) is 13.1 Å². The van der Waals surface area contributed by atoms with Crippen LogP contribution in [0.3, 0.4) is 0 Å². The molecule has 6 nitrogen and oxygen atoms in total. The molecule has 30 heavy (non-hydrogen) atoms. The molecule has 0 aliphatic carbocycles. The van der Waals surface area contributed by atoms with Gasteiger partial charge in [-0.3, -0.25) is 0 Å². The first-order valence-corrected chi connectivity index (χ1v) is 10.5. The Morgan fingerprint density at radius 3 is 2.17 bits per heavy atom. The minimum atomic E-state index is -0.480. The molecule has 1 saturated heterocycles. The zero-order valence-corrected chi connectivity index (χ0v) is 17.8. The third-order valence-electron chi connectivity index (χ3n) is 5.18. The van der Waals surface area contributed by atoms with Crippen LogP contribution in [-0.2, 0) is 4.74 Å². The van der Waals surface area contributed by atoms with Crippen molar-refractivity contribution < 1.29 is 9.53 Å². The number of hydrogen-bond acceptors (Lipinski definition) is 4. The molecular weight excluding hydrogens is 376 g/mol. The maximum Gasteiger partial charge on any atom is 0.410 e. The Bertz CT molecular complexity index is 985. The molecule has 0 radical (unpaired) electrons. The topological polar surface area (TPSA) is 60.2 Å². The van der Waals surface area contributed by atoms with Crippen LogP contribution in [0.25, 0.3) is 17.1 Å². The van der Waals surface area contributed by atoms with E-state index in [0.717, 1.165) is 35.7 Å². The van der Waals surface area contributed by atoms with Gasteiger partial charge in [-0.2, -0.15) is 0 Å². The van der Waals surface area contributed by atoms with E-state index in [1.807, 2.05) is 86.1 Å². The molecule has 4 rings (SSSR count). The number of hydrogen-bond donors (Lipinski definition) is 0. The molecule has 1 amide bonds. The van der Waals surface area contributed by atoms with E-state index in [9.17, 15) is 4.79 Å². The average Bonchev–Trinajstić information content (AvgIpc) is 3.19. The molecular formula is C24H28N4O2. The van der Waals surface area contributed by atoms with Gasteiger partial charge >= 0.3 is 6.09 Å². The summed E-state index contributed by atoms with van der Waals surface area (Å²) in [6.45, 7) is 6.99. The van der Waals surface area contributed by atoms with Crippen molar-refractivity contribution in [3.8, 4) is 17.1 Å². The second kappa shape index (κ2) is 8.30. The van der Waals surface area contributed by atoms with Gasteiger partial charge in [-0.05, 0) is 45.7 Å². The molecule has 6 heteroatoms. The fourth-order valence-electron chi connectivity index (χ4n) is 3.70. The zero-order valence-electron chi connectivity index (χ0n) is 17.8. The zero-order chi connectivity index (χ0) is 21.1. The average molecular weight is 405 g/mol. The first kappa shape index (κ1) is 20.1. The molecule has 2 heterocycles. The quantitative estimate of drug-likeness (QED) is 0.613. The lowest BCUT2D eigenvalue weighted by molar-refractivity contribution is 0.0202. The molecule has 0 bridgehead atoms. The van der Waals surface area contributed by atoms with E-state index in [2.05, 4.69) is 0 Å². The Labute approximate surface area is 177 Å². The smallest absolute Gasteiger partial charge is 0.410 e. The number of amides is 1. The van der Waals surface area contributed by atoms with Gasteiger partial charge in [-0.15, -0.1) is 5.10 Å². The lowest BCUT2D eigenvalue weighted by atomic mass is 9.96. The van der Waals surface area contributed by atoms with Crippen molar-refractivity contribution in [1.82, 2.24) is 19.7 Å². The molecule has 1 aliphatic heterocycles. The molecule has 0 N–H and O–H groups in total. The molecule has 1 fully saturated rings. The molecule has 1 aliphatic rings. The molecule has 1 aromatic heterocycles. The number of benzene rings is 2. The minimum Gasteiger partial charge on any atom is -0.444 e. The van der Waals surface area contributed by atoms with Gasteiger partial charge < -0.3 is 9.64 Å². The molecule has 2 aromatic carbocycles. The Balaban J connectivity index is 1.58. The highest BCUT2D eigenvalue weighted by Gasteiger charge is 2.30. The van der Waals surface area contributed by atoms with Gasteiger partial charge in [0.1, 0.15) is 11.4 Å². The van der Waals surface area contributed by atoms with E-state index in [-0.39, 0.29) is 12.0 Å². The number of ether oxygens (including phenoxy) is 1. The summed E-state index contributed by atoms with van der Waals surface area (Å²) in [6, 6.07) is 20.1. The maximum atomic E-state index is 12.4. The summed E-state index contributed by atoms with van der Waals surface area (Å²) in [6.07, 6.45) is 1.42. The SMILES string of the molecule is CC(C)(C)OC(=O)N1CCC(c2nc(-c3ccccc3)nn2-c2ccccc2)CC1. The summed E-state index contributed by atoms with van der Waals surface area (Å²) < 4.78 is 7.48. The first-order chi connectivity index (χ1) is 14.4. The van der Waals surface area contributed by atoms with E-state index in [4.69, 9.17) is 14.8 Å². The molecule has 0 spiro atoms. The highest BCUT2D eigenvalue weighted by Crippen LogP contribution is 2.31. The van der Waals surface area contributed by atoms with Gasteiger partial charge in [0.05, 0.1) is 5.69 Å². The van der Waals surface area contributed by atoms with E-state index in [1.54, 1.807) is 4.90 Å². The Morgan fingerprint density at radius 1 is 0.967 bits per heavy atom. The number of para-hydroxylation sites is 1. The van der Waals surface area contributed by atoms with Gasteiger partial charge in [-0.1, -0.05) is 48.5 Å². The number of carbonyl (C=O) groups excluding carboxylic acids is 1. The van der Waals surface area contributed by atoms with Gasteiger partial charge in [0.2, 0.25) is 0 Å². The summed E-state index contributed by atoms with van der Waals surface area (Å²) >= 11 is 0.